The highest BCUT2D eigenvalue weighted by Crippen LogP contribution is 2.22. The molecule has 0 aliphatic carbocycles. The smallest absolute Gasteiger partial charge is 0.374 e. The predicted octanol–water partition coefficient (Wildman–Crippen LogP) is 3.62. The molecule has 0 atom stereocenters. The van der Waals surface area contributed by atoms with Gasteiger partial charge in [0, 0.05) is 18.1 Å². The van der Waals surface area contributed by atoms with Crippen molar-refractivity contribution in [2.75, 3.05) is 11.9 Å². The van der Waals surface area contributed by atoms with Crippen LogP contribution >= 0.6 is 0 Å². The Hall–Kier alpha value is -2.82. The number of hydrogen-bond acceptors (Lipinski definition) is 5. The number of benzene rings is 1. The minimum Gasteiger partial charge on any atom is -0.460 e. The number of anilines is 1. The van der Waals surface area contributed by atoms with Crippen LogP contribution in [0.2, 0.25) is 0 Å². The van der Waals surface area contributed by atoms with Gasteiger partial charge in [0.25, 0.3) is 0 Å². The molecule has 1 N–H and O–H groups in total. The molecular formula is C17H16N2O3. The van der Waals surface area contributed by atoms with Crippen LogP contribution in [0.4, 0.5) is 5.82 Å². The van der Waals surface area contributed by atoms with Crippen LogP contribution < -0.4 is 5.32 Å². The number of aromatic nitrogens is 1. The van der Waals surface area contributed by atoms with Crippen molar-refractivity contribution >= 4 is 22.8 Å². The van der Waals surface area contributed by atoms with Gasteiger partial charge in [-0.05, 0) is 42.8 Å². The minimum absolute atomic E-state index is 0.228. The fraction of sp³-hybridized carbons (Fsp3) is 0.176. The van der Waals surface area contributed by atoms with E-state index >= 15 is 0 Å². The minimum atomic E-state index is -0.438. The maximum absolute atomic E-state index is 11.7. The number of pyridine rings is 1. The van der Waals surface area contributed by atoms with E-state index in [0.29, 0.717) is 18.7 Å². The van der Waals surface area contributed by atoms with E-state index in [-0.39, 0.29) is 5.76 Å². The molecule has 3 aromatic rings. The number of carbonyl (C=O) groups is 1. The normalized spacial score (nSPS) is 10.6. The second-order valence-corrected chi connectivity index (χ2v) is 4.77. The predicted molar refractivity (Wildman–Crippen MR) is 83.7 cm³/mol. The van der Waals surface area contributed by atoms with Gasteiger partial charge in [0.2, 0.25) is 5.76 Å². The lowest BCUT2D eigenvalue weighted by Gasteiger charge is -2.05. The largest absolute Gasteiger partial charge is 0.460 e. The van der Waals surface area contributed by atoms with Crippen molar-refractivity contribution in [3.05, 3.63) is 60.0 Å². The first-order valence-electron chi connectivity index (χ1n) is 7.11. The lowest BCUT2D eigenvalue weighted by Crippen LogP contribution is -2.02. The van der Waals surface area contributed by atoms with Crippen molar-refractivity contribution in [1.29, 1.82) is 0 Å². The van der Waals surface area contributed by atoms with Gasteiger partial charge in [-0.2, -0.15) is 0 Å². The van der Waals surface area contributed by atoms with Crippen LogP contribution in [0.25, 0.3) is 11.0 Å². The molecule has 0 saturated heterocycles. The number of carbonyl (C=O) groups excluding carboxylic acids is 1. The Bertz CT molecular complexity index is 781. The van der Waals surface area contributed by atoms with Gasteiger partial charge in [0.15, 0.2) is 0 Å². The van der Waals surface area contributed by atoms with E-state index in [0.717, 1.165) is 16.8 Å². The number of rotatable bonds is 5. The van der Waals surface area contributed by atoms with Crippen LogP contribution in [0.5, 0.6) is 0 Å². The Kier molecular flexibility index (Phi) is 4.05. The van der Waals surface area contributed by atoms with Crippen molar-refractivity contribution in [1.82, 2.24) is 4.98 Å². The topological polar surface area (TPSA) is 64.4 Å². The molecule has 1 aromatic carbocycles. The Morgan fingerprint density at radius 2 is 2.18 bits per heavy atom. The highest BCUT2D eigenvalue weighted by Gasteiger charge is 2.13. The second kappa shape index (κ2) is 6.30. The molecule has 0 unspecified atom stereocenters. The van der Waals surface area contributed by atoms with Crippen LogP contribution in [0.1, 0.15) is 23.0 Å². The molecule has 0 aliphatic heterocycles. The molecule has 3 rings (SSSR count). The molecule has 0 radical (unpaired) electrons. The molecule has 112 valence electrons. The number of nitrogens with zero attached hydrogens (tertiary/aromatic N) is 1. The Morgan fingerprint density at radius 1 is 1.27 bits per heavy atom. The molecular weight excluding hydrogens is 280 g/mol. The molecule has 2 heterocycles. The van der Waals surface area contributed by atoms with Crippen molar-refractivity contribution in [3.63, 3.8) is 0 Å². The summed E-state index contributed by atoms with van der Waals surface area (Å²) in [5, 5.41) is 4.12. The number of nitrogens with one attached hydrogen (secondary N) is 1. The van der Waals surface area contributed by atoms with Gasteiger partial charge in [0.05, 0.1) is 6.61 Å². The van der Waals surface area contributed by atoms with Gasteiger partial charge in [0.1, 0.15) is 11.4 Å². The number of esters is 1. The zero-order valence-electron chi connectivity index (χ0n) is 12.2. The van der Waals surface area contributed by atoms with Crippen LogP contribution in [0, 0.1) is 0 Å². The first-order valence-corrected chi connectivity index (χ1v) is 7.11. The first-order chi connectivity index (χ1) is 10.8. The molecule has 0 spiro atoms. The van der Waals surface area contributed by atoms with Crippen LogP contribution in [0.15, 0.2) is 53.1 Å². The van der Waals surface area contributed by atoms with E-state index in [9.17, 15) is 4.79 Å². The van der Waals surface area contributed by atoms with E-state index in [1.54, 1.807) is 19.2 Å². The zero-order valence-corrected chi connectivity index (χ0v) is 12.2. The van der Waals surface area contributed by atoms with Crippen molar-refractivity contribution in [3.8, 4) is 0 Å². The summed E-state index contributed by atoms with van der Waals surface area (Å²) in [5.41, 5.74) is 1.75. The standard InChI is InChI=1S/C17H16N2O3/c1-2-21-17(20)15-10-13-9-12(6-7-14(13)22-15)11-19-16-5-3-4-8-18-16/h3-10H,2,11H2,1H3,(H,18,19). The summed E-state index contributed by atoms with van der Waals surface area (Å²) in [6.45, 7) is 2.74. The van der Waals surface area contributed by atoms with E-state index < -0.39 is 5.97 Å². The third kappa shape index (κ3) is 3.09. The number of fused-ring (bicyclic) bond motifs is 1. The van der Waals surface area contributed by atoms with Gasteiger partial charge in [-0.15, -0.1) is 0 Å². The molecule has 0 aliphatic rings. The average Bonchev–Trinajstić information content (AvgIpc) is 2.97. The van der Waals surface area contributed by atoms with E-state index in [1.165, 1.54) is 0 Å². The van der Waals surface area contributed by atoms with Crippen molar-refractivity contribution in [2.45, 2.75) is 13.5 Å². The van der Waals surface area contributed by atoms with Gasteiger partial charge in [-0.1, -0.05) is 12.1 Å². The summed E-state index contributed by atoms with van der Waals surface area (Å²) in [7, 11) is 0. The lowest BCUT2D eigenvalue weighted by molar-refractivity contribution is 0.0492. The average molecular weight is 296 g/mol. The summed E-state index contributed by atoms with van der Waals surface area (Å²) in [6.07, 6.45) is 1.74. The van der Waals surface area contributed by atoms with E-state index in [4.69, 9.17) is 9.15 Å². The highest BCUT2D eigenvalue weighted by atomic mass is 16.5. The summed E-state index contributed by atoms with van der Waals surface area (Å²) >= 11 is 0. The molecule has 2 aromatic heterocycles. The third-order valence-electron chi connectivity index (χ3n) is 3.20. The Morgan fingerprint density at radius 3 is 2.95 bits per heavy atom. The maximum Gasteiger partial charge on any atom is 0.374 e. The molecule has 5 heteroatoms. The summed E-state index contributed by atoms with van der Waals surface area (Å²) in [5.74, 6) is 0.612. The van der Waals surface area contributed by atoms with Crippen molar-refractivity contribution < 1.29 is 13.9 Å². The van der Waals surface area contributed by atoms with Crippen LogP contribution in [-0.4, -0.2) is 17.6 Å². The molecule has 22 heavy (non-hydrogen) atoms. The molecule has 0 fully saturated rings. The summed E-state index contributed by atoms with van der Waals surface area (Å²) < 4.78 is 10.4. The van der Waals surface area contributed by atoms with E-state index in [1.807, 2.05) is 36.4 Å². The Labute approximate surface area is 127 Å². The van der Waals surface area contributed by atoms with Crippen molar-refractivity contribution in [2.24, 2.45) is 0 Å². The molecule has 0 amide bonds. The fourth-order valence-electron chi connectivity index (χ4n) is 2.17. The molecule has 5 nitrogen and oxygen atoms in total. The monoisotopic (exact) mass is 296 g/mol. The molecule has 0 bridgehead atoms. The summed E-state index contributed by atoms with van der Waals surface area (Å²) in [4.78, 5) is 15.9. The molecule has 0 saturated carbocycles. The van der Waals surface area contributed by atoms with E-state index in [2.05, 4.69) is 10.3 Å². The summed E-state index contributed by atoms with van der Waals surface area (Å²) in [6, 6.07) is 13.2. The zero-order chi connectivity index (χ0) is 15.4. The number of ether oxygens (including phenoxy) is 1. The third-order valence-corrected chi connectivity index (χ3v) is 3.20. The Balaban J connectivity index is 1.76. The number of hydrogen-bond donors (Lipinski definition) is 1. The quantitative estimate of drug-likeness (QED) is 0.728. The fourth-order valence-corrected chi connectivity index (χ4v) is 2.17. The van der Waals surface area contributed by atoms with Crippen LogP contribution in [-0.2, 0) is 11.3 Å². The van der Waals surface area contributed by atoms with Gasteiger partial charge >= 0.3 is 5.97 Å². The number of furan rings is 1. The van der Waals surface area contributed by atoms with Gasteiger partial charge in [-0.25, -0.2) is 9.78 Å². The highest BCUT2D eigenvalue weighted by molar-refractivity contribution is 5.92. The SMILES string of the molecule is CCOC(=O)c1cc2cc(CNc3ccccn3)ccc2o1. The maximum atomic E-state index is 11.7. The van der Waals surface area contributed by atoms with Gasteiger partial charge < -0.3 is 14.5 Å². The van der Waals surface area contributed by atoms with Crippen LogP contribution in [0.3, 0.4) is 0 Å². The second-order valence-electron chi connectivity index (χ2n) is 4.77. The van der Waals surface area contributed by atoms with Gasteiger partial charge in [-0.3, -0.25) is 0 Å². The first kappa shape index (κ1) is 14.1. The lowest BCUT2D eigenvalue weighted by atomic mass is 10.1.